The van der Waals surface area contributed by atoms with Crippen molar-refractivity contribution in [2.75, 3.05) is 13.1 Å². The Kier molecular flexibility index (Phi) is 3.72. The molecule has 0 spiro atoms. The summed E-state index contributed by atoms with van der Waals surface area (Å²) < 4.78 is 1.71. The first-order chi connectivity index (χ1) is 13.2. The number of piperidine rings is 1. The molecule has 2 aromatic carbocycles. The van der Waals surface area contributed by atoms with Gasteiger partial charge in [-0.1, -0.05) is 42.5 Å². The lowest BCUT2D eigenvalue weighted by atomic mass is 9.86. The Balaban J connectivity index is 1.36. The van der Waals surface area contributed by atoms with Gasteiger partial charge in [0.25, 0.3) is 5.91 Å². The fourth-order valence-electron chi connectivity index (χ4n) is 4.08. The van der Waals surface area contributed by atoms with Gasteiger partial charge in [0.1, 0.15) is 5.56 Å². The molecule has 5 rings (SSSR count). The van der Waals surface area contributed by atoms with Crippen LogP contribution in [0, 0.1) is 0 Å². The topological polar surface area (TPSA) is 73.6 Å². The number of aliphatic hydroxyl groups excluding tert-OH is 1. The van der Waals surface area contributed by atoms with Crippen LogP contribution in [0.3, 0.4) is 0 Å². The fraction of sp³-hybridized carbons (Fsp3) is 0.238. The lowest BCUT2D eigenvalue weighted by molar-refractivity contribution is 0.0383. The molecule has 1 amide bonds. The van der Waals surface area contributed by atoms with E-state index in [0.29, 0.717) is 24.3 Å². The van der Waals surface area contributed by atoms with Gasteiger partial charge in [-0.15, -0.1) is 0 Å². The van der Waals surface area contributed by atoms with E-state index in [2.05, 4.69) is 40.4 Å². The maximum Gasteiger partial charge on any atom is 0.259 e. The number of imidazole rings is 1. The number of hydrogen-bond donors (Lipinski definition) is 2. The zero-order valence-electron chi connectivity index (χ0n) is 14.7. The van der Waals surface area contributed by atoms with Gasteiger partial charge in [0.15, 0.2) is 5.65 Å². The number of aromatic amines is 1. The molecule has 2 aromatic heterocycles. The molecule has 1 saturated heterocycles. The first kappa shape index (κ1) is 16.1. The summed E-state index contributed by atoms with van der Waals surface area (Å²) >= 11 is 0. The van der Waals surface area contributed by atoms with Crippen molar-refractivity contribution in [3.05, 3.63) is 72.2 Å². The minimum Gasteiger partial charge on any atom is -0.391 e. The fourth-order valence-corrected chi connectivity index (χ4v) is 4.08. The quantitative estimate of drug-likeness (QED) is 0.577. The Hall–Kier alpha value is -3.12. The summed E-state index contributed by atoms with van der Waals surface area (Å²) in [6.45, 7) is 0.944. The first-order valence-corrected chi connectivity index (χ1v) is 9.17. The predicted molar refractivity (Wildman–Crippen MR) is 103 cm³/mol. The van der Waals surface area contributed by atoms with E-state index in [1.807, 2.05) is 12.1 Å². The minimum absolute atomic E-state index is 0.0383. The maximum absolute atomic E-state index is 12.9. The van der Waals surface area contributed by atoms with E-state index in [1.165, 1.54) is 10.8 Å². The largest absolute Gasteiger partial charge is 0.391 e. The standard InChI is InChI=1S/C21H20N4O2/c26-19-13-24(21(27)18-12-23-25-10-8-22-20(18)25)9-7-17(19)16-6-5-14-3-1-2-4-15(14)11-16/h1-6,8,10-12,17,19,23,26H,7,9,13H2/t17-,19+/m0/s1. The number of β-amino-alcohol motifs (C(OH)–C–C–N with tert-alkyl or cyclic N) is 1. The molecule has 0 saturated carbocycles. The van der Waals surface area contributed by atoms with Crippen molar-refractivity contribution >= 4 is 22.3 Å². The third-order valence-corrected chi connectivity index (χ3v) is 5.53. The smallest absolute Gasteiger partial charge is 0.259 e. The van der Waals surface area contributed by atoms with Gasteiger partial charge in [0, 0.05) is 37.6 Å². The van der Waals surface area contributed by atoms with Crippen molar-refractivity contribution in [3.8, 4) is 0 Å². The van der Waals surface area contributed by atoms with Gasteiger partial charge in [-0.2, -0.15) is 0 Å². The number of H-pyrrole nitrogens is 1. The van der Waals surface area contributed by atoms with Crippen molar-refractivity contribution in [3.63, 3.8) is 0 Å². The second-order valence-corrected chi connectivity index (χ2v) is 7.13. The summed E-state index contributed by atoms with van der Waals surface area (Å²) in [4.78, 5) is 18.8. The Labute approximate surface area is 156 Å². The monoisotopic (exact) mass is 360 g/mol. The lowest BCUT2D eigenvalue weighted by Gasteiger charge is -2.36. The summed E-state index contributed by atoms with van der Waals surface area (Å²) in [5.74, 6) is -0.0558. The van der Waals surface area contributed by atoms with E-state index in [1.54, 1.807) is 28.0 Å². The highest BCUT2D eigenvalue weighted by molar-refractivity contribution is 5.99. The molecule has 4 aromatic rings. The number of nitrogens with zero attached hydrogens (tertiary/aromatic N) is 3. The van der Waals surface area contributed by atoms with Crippen LogP contribution in [0.2, 0.25) is 0 Å². The van der Waals surface area contributed by atoms with Gasteiger partial charge in [0.05, 0.1) is 6.10 Å². The van der Waals surface area contributed by atoms with Gasteiger partial charge >= 0.3 is 0 Å². The normalized spacial score (nSPS) is 20.4. The number of amides is 1. The third-order valence-electron chi connectivity index (χ3n) is 5.53. The summed E-state index contributed by atoms with van der Waals surface area (Å²) in [5, 5.41) is 16.1. The number of benzene rings is 2. The molecular weight excluding hydrogens is 340 g/mol. The number of likely N-dealkylation sites (tertiary alicyclic amines) is 1. The molecule has 0 bridgehead atoms. The average molecular weight is 360 g/mol. The van der Waals surface area contributed by atoms with E-state index in [0.717, 1.165) is 12.0 Å². The van der Waals surface area contributed by atoms with E-state index in [-0.39, 0.29) is 11.8 Å². The van der Waals surface area contributed by atoms with Crippen LogP contribution in [0.5, 0.6) is 0 Å². The summed E-state index contributed by atoms with van der Waals surface area (Å²) in [7, 11) is 0. The Bertz CT molecular complexity index is 1130. The molecule has 2 N–H and O–H groups in total. The van der Waals surface area contributed by atoms with Crippen LogP contribution >= 0.6 is 0 Å². The number of rotatable bonds is 2. The molecule has 1 aliphatic heterocycles. The van der Waals surface area contributed by atoms with Crippen LogP contribution < -0.4 is 0 Å². The molecule has 0 unspecified atom stereocenters. The number of carbonyl (C=O) groups is 1. The Morgan fingerprint density at radius 3 is 2.89 bits per heavy atom. The first-order valence-electron chi connectivity index (χ1n) is 9.17. The molecule has 0 radical (unpaired) electrons. The van der Waals surface area contributed by atoms with Crippen LogP contribution in [0.4, 0.5) is 0 Å². The second-order valence-electron chi connectivity index (χ2n) is 7.13. The molecule has 136 valence electrons. The van der Waals surface area contributed by atoms with E-state index >= 15 is 0 Å². The number of fused-ring (bicyclic) bond motifs is 2. The predicted octanol–water partition coefficient (Wildman–Crippen LogP) is 2.81. The highest BCUT2D eigenvalue weighted by atomic mass is 16.3. The summed E-state index contributed by atoms with van der Waals surface area (Å²) in [6.07, 6.45) is 5.25. The van der Waals surface area contributed by atoms with Gasteiger partial charge in [-0.3, -0.25) is 9.89 Å². The van der Waals surface area contributed by atoms with Crippen LogP contribution in [0.1, 0.15) is 28.3 Å². The zero-order valence-corrected chi connectivity index (χ0v) is 14.7. The molecule has 6 nitrogen and oxygen atoms in total. The Morgan fingerprint density at radius 1 is 1.19 bits per heavy atom. The second kappa shape index (κ2) is 6.25. The van der Waals surface area contributed by atoms with Crippen LogP contribution in [0.15, 0.2) is 61.1 Å². The van der Waals surface area contributed by atoms with Crippen molar-refractivity contribution in [2.24, 2.45) is 0 Å². The van der Waals surface area contributed by atoms with Crippen molar-refractivity contribution in [1.29, 1.82) is 0 Å². The maximum atomic E-state index is 12.9. The zero-order chi connectivity index (χ0) is 18.4. The molecular formula is C21H20N4O2. The van der Waals surface area contributed by atoms with Gasteiger partial charge in [-0.05, 0) is 22.8 Å². The number of hydrogen-bond acceptors (Lipinski definition) is 3. The highest BCUT2D eigenvalue weighted by Gasteiger charge is 2.32. The van der Waals surface area contributed by atoms with Crippen LogP contribution in [0.25, 0.3) is 16.4 Å². The molecule has 6 heteroatoms. The van der Waals surface area contributed by atoms with Gasteiger partial charge in [0.2, 0.25) is 0 Å². The molecule has 27 heavy (non-hydrogen) atoms. The molecule has 1 fully saturated rings. The highest BCUT2D eigenvalue weighted by Crippen LogP contribution is 2.31. The number of nitrogens with one attached hydrogen (secondary N) is 1. The van der Waals surface area contributed by atoms with E-state index in [9.17, 15) is 9.90 Å². The van der Waals surface area contributed by atoms with E-state index in [4.69, 9.17) is 0 Å². The van der Waals surface area contributed by atoms with Crippen LogP contribution in [-0.2, 0) is 0 Å². The van der Waals surface area contributed by atoms with Crippen molar-refractivity contribution < 1.29 is 9.90 Å². The number of carbonyl (C=O) groups excluding carboxylic acids is 1. The molecule has 1 aliphatic rings. The molecule has 0 aliphatic carbocycles. The summed E-state index contributed by atoms with van der Waals surface area (Å²) in [5.41, 5.74) is 2.29. The molecule has 3 heterocycles. The average Bonchev–Trinajstić information content (AvgIpc) is 3.31. The SMILES string of the molecule is O=C(c1c[nH]n2ccnc12)N1CC[C@@H](c2ccc3ccccc3c2)[C@H](O)C1. The number of aromatic nitrogens is 3. The third kappa shape index (κ3) is 2.69. The van der Waals surface area contributed by atoms with Crippen LogP contribution in [-0.4, -0.2) is 49.7 Å². The van der Waals surface area contributed by atoms with Crippen molar-refractivity contribution in [2.45, 2.75) is 18.4 Å². The minimum atomic E-state index is -0.585. The van der Waals surface area contributed by atoms with Gasteiger partial charge in [-0.25, -0.2) is 9.50 Å². The van der Waals surface area contributed by atoms with Crippen molar-refractivity contribution in [1.82, 2.24) is 19.5 Å². The molecule has 2 atom stereocenters. The Morgan fingerprint density at radius 2 is 2.04 bits per heavy atom. The summed E-state index contributed by atoms with van der Waals surface area (Å²) in [6, 6.07) is 14.6. The number of aliphatic hydroxyl groups is 1. The van der Waals surface area contributed by atoms with Gasteiger partial charge < -0.3 is 10.0 Å². The lowest BCUT2D eigenvalue weighted by Crippen LogP contribution is -2.45. The van der Waals surface area contributed by atoms with E-state index < -0.39 is 6.10 Å².